The quantitative estimate of drug-likeness (QED) is 0.715. The number of aromatic nitrogens is 1. The predicted octanol–water partition coefficient (Wildman–Crippen LogP) is 3.10. The molecule has 1 heterocycles. The highest BCUT2D eigenvalue weighted by molar-refractivity contribution is 5.95. The van der Waals surface area contributed by atoms with Crippen LogP contribution in [0.3, 0.4) is 0 Å². The molecule has 0 saturated carbocycles. The fourth-order valence-electron chi connectivity index (χ4n) is 2.05. The van der Waals surface area contributed by atoms with Crippen LogP contribution in [0.1, 0.15) is 5.56 Å². The van der Waals surface area contributed by atoms with E-state index in [1.165, 1.54) is 0 Å². The molecule has 0 aliphatic rings. The molecule has 20 heavy (non-hydrogen) atoms. The summed E-state index contributed by atoms with van der Waals surface area (Å²) in [5, 5.41) is 10.9. The molecule has 3 N–H and O–H groups in total. The van der Waals surface area contributed by atoms with Gasteiger partial charge in [0.2, 0.25) is 0 Å². The summed E-state index contributed by atoms with van der Waals surface area (Å²) < 4.78 is 5.79. The second-order valence-electron chi connectivity index (χ2n) is 4.48. The van der Waals surface area contributed by atoms with Gasteiger partial charge in [0.15, 0.2) is 5.75 Å². The Labute approximate surface area is 116 Å². The van der Waals surface area contributed by atoms with E-state index in [-0.39, 0.29) is 6.61 Å². The van der Waals surface area contributed by atoms with Crippen molar-refractivity contribution in [1.82, 2.24) is 4.98 Å². The van der Waals surface area contributed by atoms with Crippen LogP contribution < -0.4 is 10.5 Å². The van der Waals surface area contributed by atoms with Crippen LogP contribution in [-0.4, -0.2) is 10.1 Å². The molecule has 0 radical (unpaired) electrons. The van der Waals surface area contributed by atoms with Crippen molar-refractivity contribution in [2.45, 2.75) is 6.61 Å². The number of nitrogen functional groups attached to an aromatic ring is 1. The Balaban J connectivity index is 1.95. The first-order valence-corrected chi connectivity index (χ1v) is 6.28. The third-order valence-electron chi connectivity index (χ3n) is 3.16. The van der Waals surface area contributed by atoms with E-state index in [2.05, 4.69) is 4.98 Å². The Kier molecular flexibility index (Phi) is 3.23. The van der Waals surface area contributed by atoms with Gasteiger partial charge in [-0.05, 0) is 35.9 Å². The van der Waals surface area contributed by atoms with E-state index >= 15 is 0 Å². The van der Waals surface area contributed by atoms with Gasteiger partial charge in [-0.3, -0.25) is 4.98 Å². The molecule has 0 unspecified atom stereocenters. The average Bonchev–Trinajstić information content (AvgIpc) is 2.51. The lowest BCUT2D eigenvalue weighted by Crippen LogP contribution is -1.94. The average molecular weight is 266 g/mol. The summed E-state index contributed by atoms with van der Waals surface area (Å²) in [4.78, 5) is 4.07. The summed E-state index contributed by atoms with van der Waals surface area (Å²) >= 11 is 0. The lowest BCUT2D eigenvalue weighted by Gasteiger charge is -2.11. The van der Waals surface area contributed by atoms with Crippen LogP contribution in [0.5, 0.6) is 11.5 Å². The third-order valence-corrected chi connectivity index (χ3v) is 3.16. The first-order valence-electron chi connectivity index (χ1n) is 6.28. The Hall–Kier alpha value is -2.59. The molecule has 0 saturated heterocycles. The molecular formula is C16H14N2O2. The van der Waals surface area contributed by atoms with Crippen LogP contribution in [0.25, 0.3) is 10.8 Å². The van der Waals surface area contributed by atoms with Gasteiger partial charge in [-0.1, -0.05) is 12.1 Å². The maximum Gasteiger partial charge on any atom is 0.150 e. The van der Waals surface area contributed by atoms with E-state index in [1.54, 1.807) is 12.4 Å². The Morgan fingerprint density at radius 3 is 2.60 bits per heavy atom. The highest BCUT2D eigenvalue weighted by Crippen LogP contribution is 2.33. The maximum atomic E-state index is 9.01. The summed E-state index contributed by atoms with van der Waals surface area (Å²) in [6.07, 6.45) is 3.48. The highest BCUT2D eigenvalue weighted by Gasteiger charge is 2.06. The van der Waals surface area contributed by atoms with Crippen LogP contribution in [-0.2, 0) is 6.61 Å². The molecular weight excluding hydrogens is 252 g/mol. The first-order chi connectivity index (χ1) is 9.78. The van der Waals surface area contributed by atoms with Crippen LogP contribution >= 0.6 is 0 Å². The van der Waals surface area contributed by atoms with Gasteiger partial charge >= 0.3 is 0 Å². The molecule has 100 valence electrons. The van der Waals surface area contributed by atoms with E-state index in [9.17, 15) is 0 Å². The number of aliphatic hydroxyl groups excluding tert-OH is 1. The summed E-state index contributed by atoms with van der Waals surface area (Å²) in [5.41, 5.74) is 7.57. The van der Waals surface area contributed by atoms with Crippen molar-refractivity contribution in [3.63, 3.8) is 0 Å². The van der Waals surface area contributed by atoms with Crippen LogP contribution in [0.2, 0.25) is 0 Å². The molecule has 0 fully saturated rings. The number of rotatable bonds is 3. The molecule has 4 heteroatoms. The van der Waals surface area contributed by atoms with Crippen molar-refractivity contribution < 1.29 is 9.84 Å². The fraction of sp³-hybridized carbons (Fsp3) is 0.0625. The monoisotopic (exact) mass is 266 g/mol. The molecule has 0 atom stereocenters. The number of hydrogen-bond donors (Lipinski definition) is 2. The molecule has 0 spiro atoms. The lowest BCUT2D eigenvalue weighted by molar-refractivity contribution is 0.281. The van der Waals surface area contributed by atoms with Gasteiger partial charge < -0.3 is 15.6 Å². The number of benzene rings is 2. The van der Waals surface area contributed by atoms with Gasteiger partial charge in [0, 0.05) is 23.2 Å². The van der Waals surface area contributed by atoms with Gasteiger partial charge in [-0.2, -0.15) is 0 Å². The molecule has 3 aromatic rings. The number of aliphatic hydroxyl groups is 1. The number of nitrogens with two attached hydrogens (primary N) is 1. The van der Waals surface area contributed by atoms with Gasteiger partial charge in [-0.25, -0.2) is 0 Å². The second-order valence-corrected chi connectivity index (χ2v) is 4.48. The van der Waals surface area contributed by atoms with Gasteiger partial charge in [0.25, 0.3) is 0 Å². The van der Waals surface area contributed by atoms with E-state index in [1.807, 2.05) is 42.5 Å². The zero-order valence-corrected chi connectivity index (χ0v) is 10.8. The lowest BCUT2D eigenvalue weighted by atomic mass is 10.1. The van der Waals surface area contributed by atoms with Crippen LogP contribution in [0, 0.1) is 0 Å². The second kappa shape index (κ2) is 5.19. The van der Waals surface area contributed by atoms with E-state index in [0.717, 1.165) is 16.3 Å². The molecule has 0 aliphatic carbocycles. The number of fused-ring (bicyclic) bond motifs is 1. The zero-order chi connectivity index (χ0) is 13.9. The van der Waals surface area contributed by atoms with Crippen molar-refractivity contribution in [2.75, 3.05) is 5.73 Å². The van der Waals surface area contributed by atoms with Crippen molar-refractivity contribution >= 4 is 16.5 Å². The molecule has 0 amide bonds. The highest BCUT2D eigenvalue weighted by atomic mass is 16.5. The zero-order valence-electron chi connectivity index (χ0n) is 10.8. The van der Waals surface area contributed by atoms with Crippen molar-refractivity contribution in [1.29, 1.82) is 0 Å². The molecule has 0 aliphatic heterocycles. The minimum Gasteiger partial charge on any atom is -0.455 e. The SMILES string of the molecule is Nc1c(Oc2ccc(CO)cc2)ccc2cnccc12. The molecule has 4 nitrogen and oxygen atoms in total. The van der Waals surface area contributed by atoms with E-state index in [4.69, 9.17) is 15.6 Å². The van der Waals surface area contributed by atoms with E-state index < -0.39 is 0 Å². The fourth-order valence-corrected chi connectivity index (χ4v) is 2.05. The Morgan fingerprint density at radius 2 is 1.85 bits per heavy atom. The number of nitrogens with zero attached hydrogens (tertiary/aromatic N) is 1. The number of anilines is 1. The van der Waals surface area contributed by atoms with Crippen molar-refractivity contribution in [2.24, 2.45) is 0 Å². The smallest absolute Gasteiger partial charge is 0.150 e. The van der Waals surface area contributed by atoms with Gasteiger partial charge in [0.1, 0.15) is 5.75 Å². The molecule has 1 aromatic heterocycles. The minimum absolute atomic E-state index is 0.0192. The molecule has 3 rings (SSSR count). The van der Waals surface area contributed by atoms with Gasteiger partial charge in [0.05, 0.1) is 12.3 Å². The first kappa shape index (κ1) is 12.4. The largest absolute Gasteiger partial charge is 0.455 e. The maximum absolute atomic E-state index is 9.01. The van der Waals surface area contributed by atoms with Crippen molar-refractivity contribution in [3.05, 3.63) is 60.4 Å². The molecule has 2 aromatic carbocycles. The van der Waals surface area contributed by atoms with Gasteiger partial charge in [-0.15, -0.1) is 0 Å². The summed E-state index contributed by atoms with van der Waals surface area (Å²) in [5.74, 6) is 1.29. The number of ether oxygens (including phenoxy) is 1. The Bertz CT molecular complexity index is 739. The summed E-state index contributed by atoms with van der Waals surface area (Å²) in [7, 11) is 0. The topological polar surface area (TPSA) is 68.4 Å². The van der Waals surface area contributed by atoms with Crippen LogP contribution in [0.4, 0.5) is 5.69 Å². The predicted molar refractivity (Wildman–Crippen MR) is 78.6 cm³/mol. The minimum atomic E-state index is 0.0192. The third kappa shape index (κ3) is 2.29. The summed E-state index contributed by atoms with van der Waals surface area (Å²) in [6, 6.07) is 12.9. The molecule has 0 bridgehead atoms. The number of hydrogen-bond acceptors (Lipinski definition) is 4. The summed E-state index contributed by atoms with van der Waals surface area (Å²) in [6.45, 7) is 0.0192. The van der Waals surface area contributed by atoms with E-state index in [0.29, 0.717) is 17.2 Å². The van der Waals surface area contributed by atoms with Crippen molar-refractivity contribution in [3.8, 4) is 11.5 Å². The van der Waals surface area contributed by atoms with Crippen LogP contribution in [0.15, 0.2) is 54.9 Å². The normalized spacial score (nSPS) is 10.7. The number of pyridine rings is 1. The standard InChI is InChI=1S/C16H14N2O2/c17-16-14-7-8-18-9-12(14)3-6-15(16)20-13-4-1-11(10-19)2-5-13/h1-9,19H,10,17H2. The Morgan fingerprint density at radius 1 is 1.05 bits per heavy atom.